The third-order valence-corrected chi connectivity index (χ3v) is 13.9. The summed E-state index contributed by atoms with van der Waals surface area (Å²) in [7, 11) is 1.58. The van der Waals surface area contributed by atoms with E-state index in [2.05, 4.69) is 31.3 Å². The summed E-state index contributed by atoms with van der Waals surface area (Å²) in [6, 6.07) is -0.847. The van der Waals surface area contributed by atoms with Gasteiger partial charge in [-0.15, -0.1) is 0 Å². The number of phosphoric ester groups is 1. The molecule has 9 heteroatoms. The summed E-state index contributed by atoms with van der Waals surface area (Å²) in [6.45, 7) is 4.84. The Morgan fingerprint density at radius 2 is 0.831 bits per heavy atom. The monoisotopic (exact) mass is 940 g/mol. The van der Waals surface area contributed by atoms with Crippen molar-refractivity contribution >= 4 is 13.7 Å². The number of quaternary nitrogens is 1. The van der Waals surface area contributed by atoms with Gasteiger partial charge in [-0.05, 0) is 44.9 Å². The second-order valence-electron chi connectivity index (χ2n) is 20.7. The fourth-order valence-electron chi connectivity index (χ4n) is 8.45. The van der Waals surface area contributed by atoms with Crippen molar-refractivity contribution in [2.45, 2.75) is 289 Å². The predicted molar refractivity (Wildman–Crippen MR) is 281 cm³/mol. The van der Waals surface area contributed by atoms with Gasteiger partial charge in [0.05, 0.1) is 39.9 Å². The van der Waals surface area contributed by atoms with E-state index in [1.54, 1.807) is 6.08 Å². The Labute approximate surface area is 404 Å². The first-order chi connectivity index (χ1) is 31.5. The van der Waals surface area contributed by atoms with Gasteiger partial charge < -0.3 is 19.8 Å². The fraction of sp³-hybridized carbons (Fsp3) is 0.911. The summed E-state index contributed by atoms with van der Waals surface area (Å²) in [6.07, 6.45) is 59.9. The van der Waals surface area contributed by atoms with Crippen molar-refractivity contribution in [2.75, 3.05) is 40.9 Å². The Morgan fingerprint density at radius 3 is 1.18 bits per heavy atom. The lowest BCUT2D eigenvalue weighted by Gasteiger charge is -2.25. The topological polar surface area (TPSA) is 105 Å². The van der Waals surface area contributed by atoms with E-state index in [-0.39, 0.29) is 19.1 Å². The molecule has 0 saturated heterocycles. The molecule has 0 aromatic rings. The molecule has 0 spiro atoms. The first-order valence-corrected chi connectivity index (χ1v) is 29.7. The second-order valence-corrected chi connectivity index (χ2v) is 22.1. The average Bonchev–Trinajstić information content (AvgIpc) is 3.26. The number of hydrogen-bond donors (Lipinski definition) is 3. The van der Waals surface area contributed by atoms with Gasteiger partial charge in [-0.3, -0.25) is 13.8 Å². The molecule has 8 nitrogen and oxygen atoms in total. The number of carbonyl (C=O) groups is 1. The molecule has 0 aliphatic rings. The standard InChI is InChI=1S/C56H111N2O6P/c1-6-8-10-12-14-16-18-20-22-24-25-26-27-28-29-30-31-32-34-35-37-39-41-43-45-47-49-55(59)54(53-64-65(61,62)63-52-51-58(3,4)5)57-56(60)50-48-46-44-42-40-38-36-33-23-21-19-17-15-13-11-9-7-2/h21,23,47,49,54-55,59H,6-20,22,24-46,48,50-53H2,1-5H3,(H-,57,60,61,62)/p+1/b23-21-,49-47+. The van der Waals surface area contributed by atoms with Crippen molar-refractivity contribution in [1.29, 1.82) is 0 Å². The molecule has 0 aromatic carbocycles. The van der Waals surface area contributed by atoms with Gasteiger partial charge in [0.25, 0.3) is 0 Å². The molecule has 0 bridgehead atoms. The molecule has 0 aliphatic carbocycles. The molecular weight excluding hydrogens is 828 g/mol. The number of allylic oxidation sites excluding steroid dienone is 3. The molecule has 386 valence electrons. The first kappa shape index (κ1) is 64.0. The minimum Gasteiger partial charge on any atom is -0.387 e. The van der Waals surface area contributed by atoms with Crippen LogP contribution < -0.4 is 5.32 Å². The molecule has 0 radical (unpaired) electrons. The van der Waals surface area contributed by atoms with Crippen LogP contribution in [0.25, 0.3) is 0 Å². The maximum absolute atomic E-state index is 12.9. The summed E-state index contributed by atoms with van der Waals surface area (Å²) in [5.74, 6) is -0.178. The highest BCUT2D eigenvalue weighted by Gasteiger charge is 2.27. The van der Waals surface area contributed by atoms with Crippen molar-refractivity contribution in [3.8, 4) is 0 Å². The van der Waals surface area contributed by atoms with Crippen molar-refractivity contribution in [1.82, 2.24) is 5.32 Å². The summed E-state index contributed by atoms with van der Waals surface area (Å²) in [5, 5.41) is 13.9. The predicted octanol–water partition coefficient (Wildman–Crippen LogP) is 16.8. The summed E-state index contributed by atoms with van der Waals surface area (Å²) >= 11 is 0. The number of likely N-dealkylation sites (N-methyl/N-ethyl adjacent to an activating group) is 1. The van der Waals surface area contributed by atoms with Gasteiger partial charge >= 0.3 is 7.82 Å². The van der Waals surface area contributed by atoms with E-state index in [0.717, 1.165) is 38.5 Å². The molecule has 0 rings (SSSR count). The number of carbonyl (C=O) groups excluding carboxylic acids is 1. The van der Waals surface area contributed by atoms with E-state index in [1.807, 2.05) is 27.2 Å². The van der Waals surface area contributed by atoms with E-state index >= 15 is 0 Å². The van der Waals surface area contributed by atoms with Crippen LogP contribution in [0.4, 0.5) is 0 Å². The number of nitrogens with zero attached hydrogens (tertiary/aromatic N) is 1. The molecule has 0 heterocycles. The van der Waals surface area contributed by atoms with E-state index < -0.39 is 20.0 Å². The van der Waals surface area contributed by atoms with Crippen LogP contribution in [-0.2, 0) is 18.4 Å². The Balaban J connectivity index is 4.19. The Bertz CT molecular complexity index is 1110. The van der Waals surface area contributed by atoms with Crippen molar-refractivity contribution in [2.24, 2.45) is 0 Å². The fourth-order valence-corrected chi connectivity index (χ4v) is 9.19. The first-order valence-electron chi connectivity index (χ1n) is 28.2. The highest BCUT2D eigenvalue weighted by Crippen LogP contribution is 2.43. The smallest absolute Gasteiger partial charge is 0.387 e. The number of unbranched alkanes of at least 4 members (excludes halogenated alkanes) is 37. The van der Waals surface area contributed by atoms with Crippen LogP contribution in [-0.4, -0.2) is 73.4 Å². The molecule has 65 heavy (non-hydrogen) atoms. The molecular formula is C56H112N2O6P+. The molecule has 0 saturated carbocycles. The van der Waals surface area contributed by atoms with Crippen molar-refractivity contribution in [3.05, 3.63) is 24.3 Å². The van der Waals surface area contributed by atoms with Crippen LogP contribution in [0, 0.1) is 0 Å². The van der Waals surface area contributed by atoms with Gasteiger partial charge in [0.1, 0.15) is 13.2 Å². The van der Waals surface area contributed by atoms with Crippen molar-refractivity contribution < 1.29 is 32.9 Å². The van der Waals surface area contributed by atoms with Gasteiger partial charge in [0.2, 0.25) is 5.91 Å². The number of hydrogen-bond acceptors (Lipinski definition) is 5. The maximum Gasteiger partial charge on any atom is 0.472 e. The zero-order valence-corrected chi connectivity index (χ0v) is 44.9. The highest BCUT2D eigenvalue weighted by molar-refractivity contribution is 7.47. The molecule has 3 unspecified atom stereocenters. The van der Waals surface area contributed by atoms with Crippen LogP contribution in [0.1, 0.15) is 277 Å². The molecule has 3 N–H and O–H groups in total. The van der Waals surface area contributed by atoms with Crippen LogP contribution >= 0.6 is 7.82 Å². The molecule has 0 aromatic heterocycles. The van der Waals surface area contributed by atoms with E-state index in [1.165, 1.54) is 218 Å². The number of aliphatic hydroxyl groups is 1. The normalized spacial score (nSPS) is 14.1. The molecule has 1 amide bonds. The molecule has 0 aliphatic heterocycles. The lowest BCUT2D eigenvalue weighted by atomic mass is 10.0. The second kappa shape index (κ2) is 48.0. The van der Waals surface area contributed by atoms with Crippen LogP contribution in [0.2, 0.25) is 0 Å². The summed E-state index contributed by atoms with van der Waals surface area (Å²) < 4.78 is 23.7. The highest BCUT2D eigenvalue weighted by atomic mass is 31.2. The van der Waals surface area contributed by atoms with Gasteiger partial charge in [-0.1, -0.05) is 250 Å². The number of rotatable bonds is 52. The van der Waals surface area contributed by atoms with Gasteiger partial charge in [-0.2, -0.15) is 0 Å². The third kappa shape index (κ3) is 50.7. The van der Waals surface area contributed by atoms with Crippen LogP contribution in [0.15, 0.2) is 24.3 Å². The lowest BCUT2D eigenvalue weighted by Crippen LogP contribution is -2.45. The van der Waals surface area contributed by atoms with Gasteiger partial charge in [-0.25, -0.2) is 4.57 Å². The zero-order chi connectivity index (χ0) is 47.8. The minimum atomic E-state index is -4.34. The lowest BCUT2D eigenvalue weighted by molar-refractivity contribution is -0.870. The number of amides is 1. The SMILES string of the molecule is CCCCCCCC/C=C\CCCCCCCCCC(=O)NC(COP(=O)(O)OCC[N+](C)(C)C)C(O)/C=C/CCCCCCCCCCCCCCCCCCCCCCCCCC. The number of nitrogens with one attached hydrogen (secondary N) is 1. The largest absolute Gasteiger partial charge is 0.472 e. The Hall–Kier alpha value is -1.02. The summed E-state index contributed by atoms with van der Waals surface area (Å²) in [4.78, 5) is 23.3. The molecule has 0 fully saturated rings. The van der Waals surface area contributed by atoms with E-state index in [4.69, 9.17) is 9.05 Å². The van der Waals surface area contributed by atoms with E-state index in [0.29, 0.717) is 17.4 Å². The number of aliphatic hydroxyl groups excluding tert-OH is 1. The zero-order valence-electron chi connectivity index (χ0n) is 44.0. The number of phosphoric acid groups is 1. The van der Waals surface area contributed by atoms with Crippen LogP contribution in [0.3, 0.4) is 0 Å². The van der Waals surface area contributed by atoms with Gasteiger partial charge in [0, 0.05) is 6.42 Å². The Kier molecular flexibility index (Phi) is 47.3. The minimum absolute atomic E-state index is 0.0622. The average molecular weight is 940 g/mol. The molecule has 3 atom stereocenters. The van der Waals surface area contributed by atoms with E-state index in [9.17, 15) is 19.4 Å². The Morgan fingerprint density at radius 1 is 0.508 bits per heavy atom. The summed E-state index contributed by atoms with van der Waals surface area (Å²) in [5.41, 5.74) is 0. The third-order valence-electron chi connectivity index (χ3n) is 12.9. The van der Waals surface area contributed by atoms with Crippen LogP contribution in [0.5, 0.6) is 0 Å². The maximum atomic E-state index is 12.9. The quantitative estimate of drug-likeness (QED) is 0.0243. The van der Waals surface area contributed by atoms with Crippen molar-refractivity contribution in [3.63, 3.8) is 0 Å². The van der Waals surface area contributed by atoms with Gasteiger partial charge in [0.15, 0.2) is 0 Å².